The van der Waals surface area contributed by atoms with Crippen molar-refractivity contribution in [1.29, 1.82) is 0 Å². The lowest BCUT2D eigenvalue weighted by atomic mass is 35.5. The molecule has 0 unspecified atom stereocenters. The summed E-state index contributed by atoms with van der Waals surface area (Å²) in [5, 5.41) is 0. The fourth-order valence-corrected chi connectivity index (χ4v) is 0. The van der Waals surface area contributed by atoms with Crippen LogP contribution in [0.4, 0.5) is 0 Å². The second kappa shape index (κ2) is 86.9. The molecule has 56 valence electrons. The molecule has 0 bridgehead atoms. The highest BCUT2D eigenvalue weighted by atomic mass is 79.9. The second-order valence-electron chi connectivity index (χ2n) is 0. The van der Waals surface area contributed by atoms with Crippen LogP contribution in [0.3, 0.4) is 0 Å². The molecule has 0 aliphatic heterocycles. The SMILES string of the molecule is Br.Cl.Cl.Cl.Cl.Cl.Cl. The predicted octanol–water partition coefficient (Wildman–Crippen LogP) is 3.11. The quantitative estimate of drug-likeness (QED) is 0.645. The Morgan fingerprint density at radius 2 is 0.286 bits per heavy atom. The molecular formula is H7BrCl6. The fraction of sp³-hybridized carbons (Fsp3) is 0. The zero-order valence-corrected chi connectivity index (χ0v) is 9.47. The van der Waals surface area contributed by atoms with Crippen LogP contribution in [0, 0.1) is 0 Å². The summed E-state index contributed by atoms with van der Waals surface area (Å²) >= 11 is 0. The van der Waals surface area contributed by atoms with Gasteiger partial charge in [-0.15, -0.1) is 91.4 Å². The molecule has 0 fully saturated rings. The van der Waals surface area contributed by atoms with Crippen LogP contribution in [0.2, 0.25) is 0 Å². The molecule has 0 saturated heterocycles. The Bertz CT molecular complexity index is 4.14. The van der Waals surface area contributed by atoms with Gasteiger partial charge >= 0.3 is 0 Å². The minimum absolute atomic E-state index is 0. The largest absolute Gasteiger partial charge is 0.147 e. The molecule has 0 heterocycles. The van der Waals surface area contributed by atoms with E-state index in [9.17, 15) is 0 Å². The first kappa shape index (κ1) is 126. The maximum Gasteiger partial charge on any atom is -0.114 e. The number of hydrogen-bond donors (Lipinski definition) is 0. The molecule has 0 spiro atoms. The van der Waals surface area contributed by atoms with Crippen molar-refractivity contribution in [2.45, 2.75) is 0 Å². The minimum Gasteiger partial charge on any atom is -0.147 e. The maximum absolute atomic E-state index is 0. The molecule has 0 aromatic heterocycles. The molecule has 0 aliphatic carbocycles. The van der Waals surface area contributed by atoms with Crippen molar-refractivity contribution < 1.29 is 0 Å². The summed E-state index contributed by atoms with van der Waals surface area (Å²) in [5.41, 5.74) is 0. The molecule has 0 amide bonds. The maximum atomic E-state index is 0. The average Bonchev–Trinajstić information content (AvgIpc) is 0. The first-order chi connectivity index (χ1) is 0. The fourth-order valence-electron chi connectivity index (χ4n) is 0. The van der Waals surface area contributed by atoms with Gasteiger partial charge in [0.05, 0.1) is 0 Å². The van der Waals surface area contributed by atoms with E-state index in [0.717, 1.165) is 0 Å². The minimum atomic E-state index is 0. The highest BCUT2D eigenvalue weighted by Gasteiger charge is -0.113. The average molecular weight is 300 g/mol. The molecule has 0 rings (SSSR count). The van der Waals surface area contributed by atoms with Crippen molar-refractivity contribution in [3.8, 4) is 0 Å². The highest BCUT2D eigenvalue weighted by Crippen LogP contribution is 0.846. The van der Waals surface area contributed by atoms with Gasteiger partial charge in [-0.3, -0.25) is 0 Å². The Morgan fingerprint density at radius 1 is 0.286 bits per heavy atom. The van der Waals surface area contributed by atoms with Crippen LogP contribution in [0.5, 0.6) is 0 Å². The third-order valence-corrected chi connectivity index (χ3v) is 0. The predicted molar refractivity (Wildman–Crippen MR) is 53.8 cm³/mol. The van der Waals surface area contributed by atoms with E-state index in [2.05, 4.69) is 0 Å². The van der Waals surface area contributed by atoms with Gasteiger partial charge in [-0.25, -0.2) is 0 Å². The van der Waals surface area contributed by atoms with Gasteiger partial charge in [-0.2, -0.15) is 0 Å². The molecule has 0 aromatic rings. The Labute approximate surface area is 90.8 Å². The monoisotopic (exact) mass is 296 g/mol. The van der Waals surface area contributed by atoms with Gasteiger partial charge in [-0.05, 0) is 0 Å². The summed E-state index contributed by atoms with van der Waals surface area (Å²) in [6.45, 7) is 0. The summed E-state index contributed by atoms with van der Waals surface area (Å²) in [5.74, 6) is 0. The van der Waals surface area contributed by atoms with Crippen molar-refractivity contribution in [1.82, 2.24) is 0 Å². The third-order valence-electron chi connectivity index (χ3n) is 0. The zero-order valence-electron chi connectivity index (χ0n) is 2.86. The van der Waals surface area contributed by atoms with Crippen LogP contribution in [-0.4, -0.2) is 0 Å². The van der Waals surface area contributed by atoms with Crippen molar-refractivity contribution >= 4 is 91.4 Å². The number of rotatable bonds is 0. The smallest absolute Gasteiger partial charge is 0.114 e. The molecule has 0 radical (unpaired) electrons. The topological polar surface area (TPSA) is 0 Å². The van der Waals surface area contributed by atoms with Crippen molar-refractivity contribution in [3.63, 3.8) is 0 Å². The molecule has 0 atom stereocenters. The van der Waals surface area contributed by atoms with E-state index >= 15 is 0 Å². The van der Waals surface area contributed by atoms with E-state index in [1.165, 1.54) is 0 Å². The molecule has 7 heavy (non-hydrogen) atoms. The lowest BCUT2D eigenvalue weighted by molar-refractivity contribution is 5.85. The van der Waals surface area contributed by atoms with Crippen molar-refractivity contribution in [3.05, 3.63) is 0 Å². The lowest BCUT2D eigenvalue weighted by Crippen LogP contribution is 0.688. The van der Waals surface area contributed by atoms with Crippen LogP contribution in [0.1, 0.15) is 0 Å². The van der Waals surface area contributed by atoms with Gasteiger partial charge < -0.3 is 0 Å². The van der Waals surface area contributed by atoms with Gasteiger partial charge in [0.1, 0.15) is 0 Å². The van der Waals surface area contributed by atoms with Gasteiger partial charge in [0.25, 0.3) is 0 Å². The molecule has 0 N–H and O–H groups in total. The summed E-state index contributed by atoms with van der Waals surface area (Å²) in [7, 11) is 0. The molecular weight excluding hydrogens is 293 g/mol. The molecule has 7 heteroatoms. The van der Waals surface area contributed by atoms with Crippen LogP contribution in [0.15, 0.2) is 0 Å². The Morgan fingerprint density at radius 3 is 0.286 bits per heavy atom. The molecule has 0 aromatic carbocycles. The highest BCUT2D eigenvalue weighted by molar-refractivity contribution is 8.93. The van der Waals surface area contributed by atoms with Crippen LogP contribution in [-0.2, 0) is 0 Å². The molecule has 0 aliphatic rings. The van der Waals surface area contributed by atoms with E-state index < -0.39 is 0 Å². The summed E-state index contributed by atoms with van der Waals surface area (Å²) in [6, 6.07) is 0. The normalized spacial score (nSPS) is 0. The summed E-state index contributed by atoms with van der Waals surface area (Å²) < 4.78 is 0. The lowest BCUT2D eigenvalue weighted by Gasteiger charge is -0.148. The van der Waals surface area contributed by atoms with E-state index in [1.54, 1.807) is 0 Å². The summed E-state index contributed by atoms with van der Waals surface area (Å²) in [4.78, 5) is 0. The first-order valence-electron chi connectivity index (χ1n) is 0. The second-order valence-corrected chi connectivity index (χ2v) is 0. The van der Waals surface area contributed by atoms with Gasteiger partial charge in [0.15, 0.2) is 0 Å². The Balaban J connectivity index is 0. The molecule has 0 nitrogen and oxygen atoms in total. The van der Waals surface area contributed by atoms with Crippen LogP contribution < -0.4 is 0 Å². The van der Waals surface area contributed by atoms with Gasteiger partial charge in [0.2, 0.25) is 0 Å². The van der Waals surface area contributed by atoms with Crippen LogP contribution >= 0.6 is 91.4 Å². The van der Waals surface area contributed by atoms with E-state index in [4.69, 9.17) is 0 Å². The van der Waals surface area contributed by atoms with Crippen molar-refractivity contribution in [2.75, 3.05) is 0 Å². The molecule has 0 saturated carbocycles. The van der Waals surface area contributed by atoms with Crippen LogP contribution in [0.25, 0.3) is 0 Å². The van der Waals surface area contributed by atoms with Gasteiger partial charge in [-0.1, -0.05) is 0 Å². The zero-order chi connectivity index (χ0) is 0. The number of hydrogen-bond acceptors (Lipinski definition) is 0. The third kappa shape index (κ3) is 64.5. The van der Waals surface area contributed by atoms with E-state index in [-0.39, 0.29) is 91.4 Å². The Kier molecular flexibility index (Phi) is 1570. The first-order valence-corrected chi connectivity index (χ1v) is 0. The number of halogens is 7. The van der Waals surface area contributed by atoms with Gasteiger partial charge in [0, 0.05) is 0 Å². The van der Waals surface area contributed by atoms with Crippen molar-refractivity contribution in [2.24, 2.45) is 0 Å². The van der Waals surface area contributed by atoms with E-state index in [1.807, 2.05) is 0 Å². The standard InChI is InChI=1S/BrH.6ClH/h7*1H. The summed E-state index contributed by atoms with van der Waals surface area (Å²) in [6.07, 6.45) is 0. The van der Waals surface area contributed by atoms with E-state index in [0.29, 0.717) is 0 Å². The Hall–Kier alpha value is 2.22.